The maximum atomic E-state index is 12.6. The third-order valence-electron chi connectivity index (χ3n) is 4.11. The van der Waals surface area contributed by atoms with E-state index >= 15 is 0 Å². The van der Waals surface area contributed by atoms with Crippen LogP contribution in [0.1, 0.15) is 5.56 Å². The van der Waals surface area contributed by atoms with Gasteiger partial charge in [-0.25, -0.2) is 4.79 Å². The Morgan fingerprint density at radius 2 is 1.94 bits per heavy atom. The van der Waals surface area contributed by atoms with Crippen LogP contribution in [-0.4, -0.2) is 48.9 Å². The molecule has 0 aromatic heterocycles. The lowest BCUT2D eigenvalue weighted by molar-refractivity contribution is -0.142. The van der Waals surface area contributed by atoms with E-state index in [1.54, 1.807) is 48.5 Å². The van der Waals surface area contributed by atoms with Crippen molar-refractivity contribution in [1.82, 2.24) is 4.90 Å². The summed E-state index contributed by atoms with van der Waals surface area (Å²) in [6.07, 6.45) is 1.62. The number of carbonyl (C=O) groups is 3. The third kappa shape index (κ3) is 6.03. The number of rotatable bonds is 8. The zero-order chi connectivity index (χ0) is 22.4. The second-order valence-electron chi connectivity index (χ2n) is 6.17. The van der Waals surface area contributed by atoms with Crippen LogP contribution in [0.3, 0.4) is 0 Å². The number of ether oxygens (including phenoxy) is 3. The van der Waals surface area contributed by atoms with E-state index in [1.807, 2.05) is 0 Å². The molecule has 1 heterocycles. The molecule has 31 heavy (non-hydrogen) atoms. The van der Waals surface area contributed by atoms with Gasteiger partial charge in [0.15, 0.2) is 6.61 Å². The molecule has 0 saturated carbocycles. The average molecular weight is 527 g/mol. The smallest absolute Gasteiger partial charge is 0.343 e. The molecule has 10 heteroatoms. The van der Waals surface area contributed by atoms with E-state index in [0.29, 0.717) is 31.5 Å². The van der Waals surface area contributed by atoms with E-state index in [9.17, 15) is 14.4 Å². The Bertz CT molecular complexity index is 1040. The van der Waals surface area contributed by atoms with Crippen molar-refractivity contribution >= 4 is 62.5 Å². The Balaban J connectivity index is 1.62. The van der Waals surface area contributed by atoms with E-state index in [2.05, 4.69) is 20.7 Å². The SMILES string of the molecule is COC(=O)COc1ccc(/C=C2\SC(=O)N(CCOc3ccccc3Cl)C2=O)cc1Br. The van der Waals surface area contributed by atoms with E-state index in [1.165, 1.54) is 7.11 Å². The number of methoxy groups -OCH3 is 1. The molecule has 0 aliphatic carbocycles. The lowest BCUT2D eigenvalue weighted by Gasteiger charge is -2.13. The highest BCUT2D eigenvalue weighted by Crippen LogP contribution is 2.34. The van der Waals surface area contributed by atoms with Gasteiger partial charge < -0.3 is 14.2 Å². The second-order valence-corrected chi connectivity index (χ2v) is 8.42. The quantitative estimate of drug-likeness (QED) is 0.362. The van der Waals surface area contributed by atoms with Crippen LogP contribution in [0.25, 0.3) is 6.08 Å². The molecule has 0 unspecified atom stereocenters. The molecular weight excluding hydrogens is 510 g/mol. The van der Waals surface area contributed by atoms with Gasteiger partial charge in [-0.15, -0.1) is 0 Å². The van der Waals surface area contributed by atoms with Crippen LogP contribution >= 0.6 is 39.3 Å². The molecular formula is C21H17BrClNO6S. The normalized spacial score (nSPS) is 14.8. The summed E-state index contributed by atoms with van der Waals surface area (Å²) >= 11 is 10.3. The molecule has 0 spiro atoms. The summed E-state index contributed by atoms with van der Waals surface area (Å²) in [7, 11) is 1.28. The minimum absolute atomic E-state index is 0.108. The summed E-state index contributed by atoms with van der Waals surface area (Å²) in [4.78, 5) is 37.5. The van der Waals surface area contributed by atoms with Crippen molar-refractivity contribution in [2.24, 2.45) is 0 Å². The van der Waals surface area contributed by atoms with E-state index in [4.69, 9.17) is 21.1 Å². The minimum Gasteiger partial charge on any atom is -0.490 e. The van der Waals surface area contributed by atoms with Crippen LogP contribution in [0.15, 0.2) is 51.8 Å². The molecule has 7 nitrogen and oxygen atoms in total. The summed E-state index contributed by atoms with van der Waals surface area (Å²) in [6.45, 7) is 0.0215. The van der Waals surface area contributed by atoms with E-state index in [0.717, 1.165) is 16.7 Å². The largest absolute Gasteiger partial charge is 0.490 e. The fourth-order valence-electron chi connectivity index (χ4n) is 2.57. The molecule has 1 aliphatic heterocycles. The Morgan fingerprint density at radius 3 is 2.65 bits per heavy atom. The number of halogens is 2. The summed E-state index contributed by atoms with van der Waals surface area (Å²) in [6, 6.07) is 12.1. The van der Waals surface area contributed by atoms with Crippen molar-refractivity contribution in [3.63, 3.8) is 0 Å². The first-order chi connectivity index (χ1) is 14.9. The number of nitrogens with zero attached hydrogens (tertiary/aromatic N) is 1. The molecule has 0 bridgehead atoms. The second kappa shape index (κ2) is 10.7. The first-order valence-electron chi connectivity index (χ1n) is 9.01. The van der Waals surface area contributed by atoms with Crippen LogP contribution in [-0.2, 0) is 14.3 Å². The first-order valence-corrected chi connectivity index (χ1v) is 11.0. The molecule has 2 aromatic carbocycles. The van der Waals surface area contributed by atoms with Crippen molar-refractivity contribution in [1.29, 1.82) is 0 Å². The van der Waals surface area contributed by atoms with Crippen LogP contribution < -0.4 is 9.47 Å². The monoisotopic (exact) mass is 525 g/mol. The highest BCUT2D eigenvalue weighted by molar-refractivity contribution is 9.10. The molecule has 1 saturated heterocycles. The van der Waals surface area contributed by atoms with Crippen molar-refractivity contribution in [3.05, 3.63) is 62.4 Å². The first kappa shape index (κ1) is 23.2. The molecule has 0 radical (unpaired) electrons. The maximum Gasteiger partial charge on any atom is 0.343 e. The molecule has 0 N–H and O–H groups in total. The predicted octanol–water partition coefficient (Wildman–Crippen LogP) is 4.77. The highest BCUT2D eigenvalue weighted by atomic mass is 79.9. The Morgan fingerprint density at radius 1 is 1.16 bits per heavy atom. The van der Waals surface area contributed by atoms with Gasteiger partial charge in [-0.2, -0.15) is 0 Å². The number of amides is 2. The predicted molar refractivity (Wildman–Crippen MR) is 121 cm³/mol. The van der Waals surface area contributed by atoms with Crippen molar-refractivity contribution < 1.29 is 28.6 Å². The number of para-hydroxylation sites is 1. The number of hydrogen-bond donors (Lipinski definition) is 0. The topological polar surface area (TPSA) is 82.1 Å². The Labute approximate surface area is 196 Å². The van der Waals surface area contributed by atoms with Gasteiger partial charge >= 0.3 is 5.97 Å². The van der Waals surface area contributed by atoms with Crippen LogP contribution in [0.5, 0.6) is 11.5 Å². The number of carbonyl (C=O) groups excluding carboxylic acids is 3. The van der Waals surface area contributed by atoms with Crippen molar-refractivity contribution in [2.45, 2.75) is 0 Å². The summed E-state index contributed by atoms with van der Waals surface area (Å²) in [5, 5.41) is 0.0947. The fraction of sp³-hybridized carbons (Fsp3) is 0.190. The highest BCUT2D eigenvalue weighted by Gasteiger charge is 2.34. The Kier molecular flexibility index (Phi) is 8.00. The minimum atomic E-state index is -0.497. The number of benzene rings is 2. The number of hydrogen-bond acceptors (Lipinski definition) is 7. The maximum absolute atomic E-state index is 12.6. The van der Waals surface area contributed by atoms with Crippen LogP contribution in [0, 0.1) is 0 Å². The van der Waals surface area contributed by atoms with Gasteiger partial charge in [0.05, 0.1) is 28.1 Å². The van der Waals surface area contributed by atoms with E-state index < -0.39 is 5.97 Å². The molecule has 1 fully saturated rings. The van der Waals surface area contributed by atoms with E-state index in [-0.39, 0.29) is 30.9 Å². The zero-order valence-corrected chi connectivity index (χ0v) is 19.5. The third-order valence-corrected chi connectivity index (χ3v) is 5.95. The number of esters is 1. The molecule has 0 atom stereocenters. The lowest BCUT2D eigenvalue weighted by atomic mass is 10.2. The molecule has 162 valence electrons. The van der Waals surface area contributed by atoms with Gasteiger partial charge in [-0.1, -0.05) is 29.8 Å². The van der Waals surface area contributed by atoms with Gasteiger partial charge in [-0.05, 0) is 63.6 Å². The summed E-state index contributed by atoms with van der Waals surface area (Å²) < 4.78 is 16.1. The van der Waals surface area contributed by atoms with Gasteiger partial charge in [0.1, 0.15) is 18.1 Å². The standard InChI is InChI=1S/C21H17BrClNO6S/c1-28-19(25)12-30-16-7-6-13(10-14(16)22)11-18-20(26)24(21(27)31-18)8-9-29-17-5-3-2-4-15(17)23/h2-7,10-11H,8-9,12H2,1H3/b18-11-. The van der Waals surface area contributed by atoms with Crippen molar-refractivity contribution in [2.75, 3.05) is 26.9 Å². The van der Waals surface area contributed by atoms with Crippen molar-refractivity contribution in [3.8, 4) is 11.5 Å². The zero-order valence-electron chi connectivity index (χ0n) is 16.3. The number of imide groups is 1. The fourth-order valence-corrected chi connectivity index (χ4v) is 4.14. The molecule has 3 rings (SSSR count). The summed E-state index contributed by atoms with van der Waals surface area (Å²) in [5.41, 5.74) is 0.690. The van der Waals surface area contributed by atoms with Gasteiger partial charge in [0.25, 0.3) is 11.1 Å². The Hall–Kier alpha value is -2.49. The molecule has 2 amide bonds. The lowest BCUT2D eigenvalue weighted by Crippen LogP contribution is -2.32. The van der Waals surface area contributed by atoms with Crippen LogP contribution in [0.4, 0.5) is 4.79 Å². The summed E-state index contributed by atoms with van der Waals surface area (Å²) in [5.74, 6) is 0.0569. The molecule has 2 aromatic rings. The van der Waals surface area contributed by atoms with Gasteiger partial charge in [0, 0.05) is 0 Å². The number of thioether (sulfide) groups is 1. The van der Waals surface area contributed by atoms with Gasteiger partial charge in [0.2, 0.25) is 0 Å². The molecule has 1 aliphatic rings. The average Bonchev–Trinajstić information content (AvgIpc) is 3.01. The van der Waals surface area contributed by atoms with Gasteiger partial charge in [-0.3, -0.25) is 14.5 Å². The van der Waals surface area contributed by atoms with Crippen LogP contribution in [0.2, 0.25) is 5.02 Å².